The smallest absolute Gasteiger partial charge is 0.335 e. The summed E-state index contributed by atoms with van der Waals surface area (Å²) in [5.41, 5.74) is 3.66. The van der Waals surface area contributed by atoms with Gasteiger partial charge in [0, 0.05) is 4.90 Å². The number of carbonyl (C=O) groups is 1. The number of aliphatic imine (C=N–C) groups is 1. The van der Waals surface area contributed by atoms with E-state index in [-0.39, 0.29) is 5.50 Å². The molecule has 4 nitrogen and oxygen atoms in total. The summed E-state index contributed by atoms with van der Waals surface area (Å²) < 4.78 is 0. The molecule has 0 aliphatic carbocycles. The van der Waals surface area contributed by atoms with Crippen LogP contribution in [0.1, 0.15) is 15.9 Å². The molecule has 0 spiro atoms. The summed E-state index contributed by atoms with van der Waals surface area (Å²) in [5, 5.41) is 9.06. The fourth-order valence-electron chi connectivity index (χ4n) is 2.67. The van der Waals surface area contributed by atoms with Crippen molar-refractivity contribution < 1.29 is 9.90 Å². The van der Waals surface area contributed by atoms with Crippen LogP contribution in [0.25, 0.3) is 0 Å². The van der Waals surface area contributed by atoms with Crippen molar-refractivity contribution in [2.45, 2.75) is 10.4 Å². The molecule has 0 saturated heterocycles. The average molecular weight is 296 g/mol. The Bertz CT molecular complexity index is 758. The average Bonchev–Trinajstić information content (AvgIpc) is 3.04. The van der Waals surface area contributed by atoms with E-state index >= 15 is 0 Å². The van der Waals surface area contributed by atoms with E-state index in [1.807, 2.05) is 24.3 Å². The zero-order valence-electron chi connectivity index (χ0n) is 11.1. The van der Waals surface area contributed by atoms with Gasteiger partial charge >= 0.3 is 5.97 Å². The minimum absolute atomic E-state index is 0.0271. The van der Waals surface area contributed by atoms with Crippen molar-refractivity contribution in [3.63, 3.8) is 0 Å². The summed E-state index contributed by atoms with van der Waals surface area (Å²) in [4.78, 5) is 19.0. The van der Waals surface area contributed by atoms with Crippen molar-refractivity contribution in [1.82, 2.24) is 0 Å². The number of carboxylic acids is 1. The van der Waals surface area contributed by atoms with Crippen molar-refractivity contribution in [3.8, 4) is 0 Å². The third-order valence-electron chi connectivity index (χ3n) is 3.71. The number of thioether (sulfide) groups is 1. The number of nitrogens with zero attached hydrogens (tertiary/aromatic N) is 2. The van der Waals surface area contributed by atoms with Crippen LogP contribution in [0.15, 0.2) is 58.4 Å². The van der Waals surface area contributed by atoms with Crippen LogP contribution in [0.5, 0.6) is 0 Å². The van der Waals surface area contributed by atoms with Crippen molar-refractivity contribution in [2.24, 2.45) is 4.99 Å². The largest absolute Gasteiger partial charge is 0.478 e. The Morgan fingerprint density at radius 1 is 1.24 bits per heavy atom. The zero-order valence-corrected chi connectivity index (χ0v) is 11.9. The molecule has 1 N–H and O–H groups in total. The molecule has 0 saturated carbocycles. The summed E-state index contributed by atoms with van der Waals surface area (Å²) >= 11 is 1.61. The van der Waals surface area contributed by atoms with Crippen LogP contribution in [0, 0.1) is 0 Å². The first-order valence-corrected chi connectivity index (χ1v) is 7.53. The first-order chi connectivity index (χ1) is 10.2. The lowest BCUT2D eigenvalue weighted by atomic mass is 10.1. The normalized spacial score (nSPS) is 19.1. The molecule has 0 unspecified atom stereocenters. The van der Waals surface area contributed by atoms with Crippen molar-refractivity contribution >= 4 is 29.1 Å². The number of carboxylic acid groups (broad SMARTS) is 1. The second kappa shape index (κ2) is 4.63. The predicted molar refractivity (Wildman–Crippen MR) is 83.4 cm³/mol. The molecule has 0 radical (unpaired) electrons. The molecule has 0 amide bonds. The van der Waals surface area contributed by atoms with E-state index in [4.69, 9.17) is 10.1 Å². The molecule has 2 aliphatic rings. The van der Waals surface area contributed by atoms with E-state index in [0.717, 1.165) is 28.4 Å². The van der Waals surface area contributed by atoms with E-state index in [1.54, 1.807) is 23.9 Å². The first-order valence-electron chi connectivity index (χ1n) is 6.65. The molecule has 2 heterocycles. The zero-order chi connectivity index (χ0) is 14.4. The van der Waals surface area contributed by atoms with Gasteiger partial charge in [-0.1, -0.05) is 42.1 Å². The summed E-state index contributed by atoms with van der Waals surface area (Å²) in [7, 11) is 0. The van der Waals surface area contributed by atoms with Crippen LogP contribution in [0.4, 0.5) is 5.69 Å². The monoisotopic (exact) mass is 296 g/mol. The molecule has 0 bridgehead atoms. The van der Waals surface area contributed by atoms with Gasteiger partial charge in [0.2, 0.25) is 0 Å². The van der Waals surface area contributed by atoms with Gasteiger partial charge in [-0.3, -0.25) is 4.99 Å². The van der Waals surface area contributed by atoms with E-state index in [0.29, 0.717) is 5.56 Å². The third-order valence-corrected chi connectivity index (χ3v) is 4.86. The molecule has 0 aromatic heterocycles. The number of rotatable bonds is 2. The van der Waals surface area contributed by atoms with Crippen molar-refractivity contribution in [2.75, 3.05) is 11.4 Å². The molecule has 104 valence electrons. The summed E-state index contributed by atoms with van der Waals surface area (Å²) in [6.45, 7) is 0.765. The van der Waals surface area contributed by atoms with Crippen molar-refractivity contribution in [1.29, 1.82) is 0 Å². The van der Waals surface area contributed by atoms with E-state index in [9.17, 15) is 4.79 Å². The molecular formula is C16H12N2O2S. The van der Waals surface area contributed by atoms with E-state index in [2.05, 4.69) is 17.0 Å². The van der Waals surface area contributed by atoms with Gasteiger partial charge in [0.05, 0.1) is 23.5 Å². The molecule has 4 rings (SSSR count). The SMILES string of the molecule is O=C(O)c1ccc2c(c1)S[C@H]1N=C(c3ccccc3)CN21. The Labute approximate surface area is 126 Å². The first kappa shape index (κ1) is 12.5. The quantitative estimate of drug-likeness (QED) is 0.925. The standard InChI is InChI=1S/C16H12N2O2S/c19-15(20)11-6-7-13-14(8-11)21-16-17-12(9-18(13)16)10-4-2-1-3-5-10/h1-8,16H,9H2,(H,19,20)/t16-/m0/s1. The van der Waals surface area contributed by atoms with Crippen LogP contribution in [-0.4, -0.2) is 28.8 Å². The van der Waals surface area contributed by atoms with Crippen molar-refractivity contribution in [3.05, 3.63) is 59.7 Å². The lowest BCUT2D eigenvalue weighted by Gasteiger charge is -2.16. The highest BCUT2D eigenvalue weighted by Crippen LogP contribution is 2.46. The van der Waals surface area contributed by atoms with E-state index in [1.165, 1.54) is 0 Å². The highest BCUT2D eigenvalue weighted by molar-refractivity contribution is 8.00. The minimum Gasteiger partial charge on any atom is -0.478 e. The summed E-state index contributed by atoms with van der Waals surface area (Å²) in [5.74, 6) is -0.890. The Kier molecular flexibility index (Phi) is 2.75. The Morgan fingerprint density at radius 2 is 2.05 bits per heavy atom. The lowest BCUT2D eigenvalue weighted by Crippen LogP contribution is -2.25. The predicted octanol–water partition coefficient (Wildman–Crippen LogP) is 3.08. The van der Waals surface area contributed by atoms with Crippen LogP contribution in [0.2, 0.25) is 0 Å². The molecule has 5 heteroatoms. The number of aromatic carboxylic acids is 1. The van der Waals surface area contributed by atoms with Gasteiger partial charge in [0.1, 0.15) is 0 Å². The third kappa shape index (κ3) is 2.01. The maximum Gasteiger partial charge on any atom is 0.335 e. The van der Waals surface area contributed by atoms with Gasteiger partial charge in [-0.05, 0) is 23.8 Å². The molecule has 2 aliphatic heterocycles. The molecule has 2 aromatic carbocycles. The molecule has 2 aromatic rings. The maximum absolute atomic E-state index is 11.0. The van der Waals surface area contributed by atoms with E-state index < -0.39 is 5.97 Å². The van der Waals surface area contributed by atoms with Crippen LogP contribution >= 0.6 is 11.8 Å². The molecule has 0 fully saturated rings. The van der Waals surface area contributed by atoms with Gasteiger partial charge in [0.15, 0.2) is 5.50 Å². The highest BCUT2D eigenvalue weighted by atomic mass is 32.2. The highest BCUT2D eigenvalue weighted by Gasteiger charge is 2.35. The Balaban J connectivity index is 1.65. The van der Waals surface area contributed by atoms with Crippen LogP contribution in [-0.2, 0) is 0 Å². The maximum atomic E-state index is 11.0. The number of hydrogen-bond acceptors (Lipinski definition) is 4. The molecule has 1 atom stereocenters. The van der Waals surface area contributed by atoms with Gasteiger partial charge in [-0.2, -0.15) is 0 Å². The number of benzene rings is 2. The van der Waals surface area contributed by atoms with Crippen LogP contribution < -0.4 is 4.90 Å². The molecular weight excluding hydrogens is 284 g/mol. The number of anilines is 1. The Morgan fingerprint density at radius 3 is 2.81 bits per heavy atom. The van der Waals surface area contributed by atoms with Gasteiger partial charge < -0.3 is 10.0 Å². The summed E-state index contributed by atoms with van der Waals surface area (Å²) in [6, 6.07) is 15.4. The topological polar surface area (TPSA) is 52.9 Å². The van der Waals surface area contributed by atoms with Crippen LogP contribution in [0.3, 0.4) is 0 Å². The minimum atomic E-state index is -0.890. The Hall–Kier alpha value is -2.27. The molecule has 21 heavy (non-hydrogen) atoms. The fraction of sp³-hybridized carbons (Fsp3) is 0.125. The number of fused-ring (bicyclic) bond motifs is 3. The number of hydrogen-bond donors (Lipinski definition) is 1. The fourth-order valence-corrected chi connectivity index (χ4v) is 3.89. The summed E-state index contributed by atoms with van der Waals surface area (Å²) in [6.07, 6.45) is 0. The second-order valence-electron chi connectivity index (χ2n) is 5.00. The van der Waals surface area contributed by atoms with Gasteiger partial charge in [-0.15, -0.1) is 0 Å². The van der Waals surface area contributed by atoms with Gasteiger partial charge in [-0.25, -0.2) is 4.79 Å². The van der Waals surface area contributed by atoms with Gasteiger partial charge in [0.25, 0.3) is 0 Å². The second-order valence-corrected chi connectivity index (χ2v) is 6.10. The lowest BCUT2D eigenvalue weighted by molar-refractivity contribution is 0.0696.